The third kappa shape index (κ3) is 5.66. The number of benzene rings is 10. The number of hydrogen-bond donors (Lipinski definition) is 0. The molecule has 10 aromatic carbocycles. The minimum Gasteiger partial charge on any atom is -0.456 e. The second-order valence-electron chi connectivity index (χ2n) is 18.4. The number of nitrogens with zero attached hydrogens (tertiary/aromatic N) is 1. The van der Waals surface area contributed by atoms with E-state index in [4.69, 9.17) is 13.3 Å². The number of fused-ring (bicyclic) bond motifs is 12. The molecule has 0 amide bonds. The summed E-state index contributed by atoms with van der Waals surface area (Å²) in [5.41, 5.74) is 20.0. The van der Waals surface area contributed by atoms with Crippen molar-refractivity contribution >= 4 is 82.9 Å². The molecule has 67 heavy (non-hydrogen) atoms. The molecule has 3 heterocycles. The summed E-state index contributed by atoms with van der Waals surface area (Å²) < 4.78 is 20.3. The highest BCUT2D eigenvalue weighted by atomic mass is 16.3. The summed E-state index contributed by atoms with van der Waals surface area (Å²) in [5, 5.41) is 6.43. The van der Waals surface area contributed by atoms with E-state index in [1.807, 2.05) is 18.2 Å². The maximum Gasteiger partial charge on any atom is 0.144 e. The van der Waals surface area contributed by atoms with E-state index >= 15 is 0 Å². The molecule has 1 aliphatic carbocycles. The first-order chi connectivity index (χ1) is 33.0. The zero-order valence-corrected chi connectivity index (χ0v) is 36.9. The molecule has 0 saturated carbocycles. The molecular formula is C63H41NO3. The Kier molecular flexibility index (Phi) is 8.00. The Bertz CT molecular complexity index is 4110. The van der Waals surface area contributed by atoms with Gasteiger partial charge in [-0.1, -0.05) is 159 Å². The monoisotopic (exact) mass is 859 g/mol. The van der Waals surface area contributed by atoms with Gasteiger partial charge in [-0.05, 0) is 105 Å². The van der Waals surface area contributed by atoms with Crippen molar-refractivity contribution < 1.29 is 13.3 Å². The van der Waals surface area contributed by atoms with Crippen LogP contribution in [0.2, 0.25) is 0 Å². The highest BCUT2D eigenvalue weighted by Crippen LogP contribution is 2.52. The third-order valence-electron chi connectivity index (χ3n) is 14.3. The van der Waals surface area contributed by atoms with Crippen LogP contribution in [0.25, 0.3) is 110 Å². The smallest absolute Gasteiger partial charge is 0.144 e. The molecule has 0 spiro atoms. The van der Waals surface area contributed by atoms with Crippen molar-refractivity contribution in [1.82, 2.24) is 0 Å². The van der Waals surface area contributed by atoms with E-state index in [-0.39, 0.29) is 5.41 Å². The lowest BCUT2D eigenvalue weighted by Gasteiger charge is -2.26. The lowest BCUT2D eigenvalue weighted by Crippen LogP contribution is -2.14. The molecule has 13 aromatic rings. The van der Waals surface area contributed by atoms with E-state index in [2.05, 4.69) is 213 Å². The van der Waals surface area contributed by atoms with Gasteiger partial charge in [-0.2, -0.15) is 0 Å². The molecule has 0 bridgehead atoms. The van der Waals surface area contributed by atoms with Crippen molar-refractivity contribution in [3.63, 3.8) is 0 Å². The van der Waals surface area contributed by atoms with Crippen molar-refractivity contribution in [3.8, 4) is 44.5 Å². The number of hydrogen-bond acceptors (Lipinski definition) is 4. The maximum atomic E-state index is 7.20. The lowest BCUT2D eigenvalue weighted by atomic mass is 9.81. The van der Waals surface area contributed by atoms with Crippen molar-refractivity contribution in [3.05, 3.63) is 223 Å². The minimum atomic E-state index is -0.155. The number of anilines is 3. The van der Waals surface area contributed by atoms with Crippen LogP contribution in [-0.4, -0.2) is 0 Å². The van der Waals surface area contributed by atoms with Crippen LogP contribution in [0.4, 0.5) is 17.1 Å². The van der Waals surface area contributed by atoms with Crippen molar-refractivity contribution in [2.75, 3.05) is 4.90 Å². The Morgan fingerprint density at radius 1 is 0.328 bits per heavy atom. The Morgan fingerprint density at radius 2 is 0.910 bits per heavy atom. The van der Waals surface area contributed by atoms with E-state index in [0.717, 1.165) is 111 Å². The molecule has 4 heteroatoms. The number of furan rings is 3. The second-order valence-corrected chi connectivity index (χ2v) is 18.4. The van der Waals surface area contributed by atoms with E-state index in [9.17, 15) is 0 Å². The van der Waals surface area contributed by atoms with Gasteiger partial charge in [0.05, 0.1) is 0 Å². The van der Waals surface area contributed by atoms with Crippen LogP contribution in [-0.2, 0) is 5.41 Å². The average molecular weight is 860 g/mol. The topological polar surface area (TPSA) is 42.7 Å². The van der Waals surface area contributed by atoms with Crippen LogP contribution in [0.5, 0.6) is 0 Å². The summed E-state index contributed by atoms with van der Waals surface area (Å²) >= 11 is 0. The van der Waals surface area contributed by atoms with E-state index in [1.165, 1.54) is 27.8 Å². The molecule has 0 aliphatic heterocycles. The van der Waals surface area contributed by atoms with Gasteiger partial charge in [-0.25, -0.2) is 0 Å². The number of para-hydroxylation sites is 3. The van der Waals surface area contributed by atoms with E-state index in [1.54, 1.807) is 0 Å². The molecule has 0 fully saturated rings. The zero-order chi connectivity index (χ0) is 44.4. The molecule has 0 N–H and O–H groups in total. The van der Waals surface area contributed by atoms with Gasteiger partial charge in [-0.3, -0.25) is 0 Å². The van der Waals surface area contributed by atoms with Gasteiger partial charge < -0.3 is 18.2 Å². The molecule has 1 aliphatic rings. The van der Waals surface area contributed by atoms with Crippen LogP contribution in [0.1, 0.15) is 25.0 Å². The van der Waals surface area contributed by atoms with Gasteiger partial charge in [0.1, 0.15) is 33.5 Å². The predicted molar refractivity (Wildman–Crippen MR) is 277 cm³/mol. The van der Waals surface area contributed by atoms with Gasteiger partial charge in [0, 0.05) is 72.0 Å². The quantitative estimate of drug-likeness (QED) is 0.167. The van der Waals surface area contributed by atoms with Gasteiger partial charge in [0.15, 0.2) is 0 Å². The van der Waals surface area contributed by atoms with Gasteiger partial charge >= 0.3 is 0 Å². The van der Waals surface area contributed by atoms with E-state index in [0.29, 0.717) is 0 Å². The molecule has 0 unspecified atom stereocenters. The minimum absolute atomic E-state index is 0.155. The van der Waals surface area contributed by atoms with Crippen LogP contribution < -0.4 is 4.90 Å². The van der Waals surface area contributed by atoms with Crippen LogP contribution in [0, 0.1) is 0 Å². The first-order valence-corrected chi connectivity index (χ1v) is 23.0. The summed E-state index contributed by atoms with van der Waals surface area (Å²) in [6.45, 7) is 4.67. The zero-order valence-electron chi connectivity index (χ0n) is 36.9. The average Bonchev–Trinajstić information content (AvgIpc) is 4.12. The van der Waals surface area contributed by atoms with Crippen LogP contribution in [0.15, 0.2) is 226 Å². The summed E-state index contributed by atoms with van der Waals surface area (Å²) in [6.07, 6.45) is 0. The van der Waals surface area contributed by atoms with Gasteiger partial charge in [-0.15, -0.1) is 0 Å². The lowest BCUT2D eigenvalue weighted by molar-refractivity contribution is 0.660. The van der Waals surface area contributed by atoms with Crippen LogP contribution >= 0.6 is 0 Å². The Balaban J connectivity index is 0.943. The third-order valence-corrected chi connectivity index (χ3v) is 14.3. The Labute approximate surface area is 386 Å². The highest BCUT2D eigenvalue weighted by molar-refractivity contribution is 6.24. The van der Waals surface area contributed by atoms with Crippen molar-refractivity contribution in [1.29, 1.82) is 0 Å². The Morgan fingerprint density at radius 3 is 1.72 bits per heavy atom. The second kappa shape index (κ2) is 14.2. The van der Waals surface area contributed by atoms with Crippen molar-refractivity contribution in [2.24, 2.45) is 0 Å². The SMILES string of the molecule is CC1(C)c2ccccc2-c2ccc(-c3c4oc5cc(N(c6ccc(-c7ccccc7)cc6)c6ccc(-c7cccc8c7oc7ccccc78)cc6)ccc5c4cc4oc5ccccc5c34)cc21. The highest BCUT2D eigenvalue weighted by Gasteiger charge is 2.36. The molecular weight excluding hydrogens is 819 g/mol. The molecule has 0 atom stereocenters. The van der Waals surface area contributed by atoms with Crippen molar-refractivity contribution in [2.45, 2.75) is 19.3 Å². The first-order valence-electron chi connectivity index (χ1n) is 23.0. The predicted octanol–water partition coefficient (Wildman–Crippen LogP) is 18.2. The van der Waals surface area contributed by atoms with E-state index < -0.39 is 0 Å². The summed E-state index contributed by atoms with van der Waals surface area (Å²) in [6, 6.07) is 75.7. The number of rotatable bonds is 6. The Hall–Kier alpha value is -8.60. The van der Waals surface area contributed by atoms with Crippen LogP contribution in [0.3, 0.4) is 0 Å². The van der Waals surface area contributed by atoms with Gasteiger partial charge in [0.2, 0.25) is 0 Å². The molecule has 3 aromatic heterocycles. The molecule has 0 saturated heterocycles. The summed E-state index contributed by atoms with van der Waals surface area (Å²) in [7, 11) is 0. The largest absolute Gasteiger partial charge is 0.456 e. The molecule has 316 valence electrons. The first kappa shape index (κ1) is 37.7. The standard InChI is InChI=1S/C63H41NO3/c1-63(2)53-20-9-6-15-46(53)47-33-27-41(35-54(47)63)59-60-51-17-8-11-22-56(51)65-58(60)37-52-49-34-32-44(36-57(49)67-62(52)59)64(42-28-23-39(24-29-42)38-13-4-3-5-14-38)43-30-25-40(26-31-43)45-18-12-19-50-48-16-7-10-21-55(48)66-61(45)50/h3-37H,1-2H3. The molecule has 14 rings (SSSR count). The maximum absolute atomic E-state index is 7.20. The molecule has 4 nitrogen and oxygen atoms in total. The molecule has 0 radical (unpaired) electrons. The van der Waals surface area contributed by atoms with Gasteiger partial charge in [0.25, 0.3) is 0 Å². The fourth-order valence-electron chi connectivity index (χ4n) is 11.0. The summed E-state index contributed by atoms with van der Waals surface area (Å²) in [5.74, 6) is 0. The normalized spacial score (nSPS) is 13.0. The fraction of sp³-hybridized carbons (Fsp3) is 0.0476. The fourth-order valence-corrected chi connectivity index (χ4v) is 11.0. The summed E-state index contributed by atoms with van der Waals surface area (Å²) in [4.78, 5) is 2.31.